The van der Waals surface area contributed by atoms with E-state index in [1.54, 1.807) is 0 Å². The van der Waals surface area contributed by atoms with Gasteiger partial charge in [-0.15, -0.1) is 17.4 Å². The number of rotatable bonds is 4. The van der Waals surface area contributed by atoms with E-state index in [2.05, 4.69) is 27.7 Å². The topological polar surface area (TPSA) is 37.8 Å². The molecule has 0 aliphatic carbocycles. The minimum absolute atomic E-state index is 0.208. The van der Waals surface area contributed by atoms with E-state index in [-0.39, 0.29) is 6.04 Å². The van der Waals surface area contributed by atoms with Gasteiger partial charge in [-0.1, -0.05) is 11.4 Å². The third-order valence-electron chi connectivity index (χ3n) is 1.91. The van der Waals surface area contributed by atoms with Gasteiger partial charge in [-0.05, 0) is 25.0 Å². The maximum absolute atomic E-state index is 5.28. The first-order chi connectivity index (χ1) is 6.33. The third kappa shape index (κ3) is 2.27. The second kappa shape index (κ2) is 4.95. The molecule has 0 aliphatic heterocycles. The van der Waals surface area contributed by atoms with Crippen LogP contribution in [0, 0.1) is 12.3 Å². The van der Waals surface area contributed by atoms with E-state index in [4.69, 9.17) is 6.42 Å². The van der Waals surface area contributed by atoms with Crippen molar-refractivity contribution in [2.75, 3.05) is 7.05 Å². The van der Waals surface area contributed by atoms with Crippen LogP contribution in [0.3, 0.4) is 0 Å². The van der Waals surface area contributed by atoms with E-state index >= 15 is 0 Å². The fourth-order valence-electron chi connectivity index (χ4n) is 1.17. The largest absolute Gasteiger partial charge is 0.311 e. The van der Waals surface area contributed by atoms with Crippen LogP contribution in [0.25, 0.3) is 0 Å². The average molecular weight is 195 g/mol. The summed E-state index contributed by atoms with van der Waals surface area (Å²) in [4.78, 5) is 1.17. The van der Waals surface area contributed by atoms with Crippen molar-refractivity contribution in [1.29, 1.82) is 0 Å². The SMILES string of the molecule is C#CCC(NC)c1snnc1CC. The van der Waals surface area contributed by atoms with Crippen molar-refractivity contribution >= 4 is 11.5 Å². The van der Waals surface area contributed by atoms with Crippen LogP contribution >= 0.6 is 11.5 Å². The van der Waals surface area contributed by atoms with Crippen LogP contribution in [0.5, 0.6) is 0 Å². The number of hydrogen-bond acceptors (Lipinski definition) is 4. The highest BCUT2D eigenvalue weighted by atomic mass is 32.1. The monoisotopic (exact) mass is 195 g/mol. The fraction of sp³-hybridized carbons (Fsp3) is 0.556. The predicted octanol–water partition coefficient (Wildman–Crippen LogP) is 1.38. The maximum Gasteiger partial charge on any atom is 0.0801 e. The average Bonchev–Trinajstić information content (AvgIpc) is 2.61. The molecule has 13 heavy (non-hydrogen) atoms. The first kappa shape index (κ1) is 10.2. The predicted molar refractivity (Wildman–Crippen MR) is 54.5 cm³/mol. The van der Waals surface area contributed by atoms with Gasteiger partial charge in [0, 0.05) is 6.42 Å². The Hall–Kier alpha value is -0.920. The molecule has 0 amide bonds. The molecule has 3 nitrogen and oxygen atoms in total. The van der Waals surface area contributed by atoms with Crippen LogP contribution < -0.4 is 5.32 Å². The molecule has 1 rings (SSSR count). The van der Waals surface area contributed by atoms with Crippen LogP contribution in [0.1, 0.15) is 30.0 Å². The molecular formula is C9H13N3S. The summed E-state index contributed by atoms with van der Waals surface area (Å²) in [5.74, 6) is 2.65. The van der Waals surface area contributed by atoms with Gasteiger partial charge < -0.3 is 5.32 Å². The molecule has 0 saturated heterocycles. The van der Waals surface area contributed by atoms with Crippen molar-refractivity contribution < 1.29 is 0 Å². The highest BCUT2D eigenvalue weighted by molar-refractivity contribution is 7.05. The molecule has 0 bridgehead atoms. The van der Waals surface area contributed by atoms with Gasteiger partial charge in [0.15, 0.2) is 0 Å². The van der Waals surface area contributed by atoms with Gasteiger partial charge in [0.25, 0.3) is 0 Å². The Morgan fingerprint density at radius 2 is 2.46 bits per heavy atom. The molecule has 70 valence electrons. The van der Waals surface area contributed by atoms with Crippen LogP contribution in [0.15, 0.2) is 0 Å². The molecule has 0 fully saturated rings. The van der Waals surface area contributed by atoms with Crippen molar-refractivity contribution in [3.8, 4) is 12.3 Å². The summed E-state index contributed by atoms with van der Waals surface area (Å²) in [6, 6.07) is 0.208. The molecule has 1 N–H and O–H groups in total. The van der Waals surface area contributed by atoms with Crippen molar-refractivity contribution in [2.24, 2.45) is 0 Å². The van der Waals surface area contributed by atoms with Gasteiger partial charge >= 0.3 is 0 Å². The zero-order chi connectivity index (χ0) is 9.68. The summed E-state index contributed by atoms with van der Waals surface area (Å²) in [5, 5.41) is 7.21. The number of aromatic nitrogens is 2. The van der Waals surface area contributed by atoms with E-state index in [0.29, 0.717) is 6.42 Å². The standard InChI is InChI=1S/C9H13N3S/c1-4-6-8(10-3)9-7(5-2)11-12-13-9/h1,8,10H,5-6H2,2-3H3. The Bertz CT molecular complexity index is 300. The number of hydrogen-bond donors (Lipinski definition) is 1. The van der Waals surface area contributed by atoms with Crippen molar-refractivity contribution in [1.82, 2.24) is 14.9 Å². The van der Waals surface area contributed by atoms with Crippen LogP contribution in [-0.4, -0.2) is 16.6 Å². The van der Waals surface area contributed by atoms with Gasteiger partial charge in [0.2, 0.25) is 0 Å². The van der Waals surface area contributed by atoms with E-state index < -0.39 is 0 Å². The van der Waals surface area contributed by atoms with E-state index in [9.17, 15) is 0 Å². The summed E-state index contributed by atoms with van der Waals surface area (Å²) in [7, 11) is 1.90. The Morgan fingerprint density at radius 3 is 3.00 bits per heavy atom. The quantitative estimate of drug-likeness (QED) is 0.738. The van der Waals surface area contributed by atoms with Crippen LogP contribution in [0.2, 0.25) is 0 Å². The van der Waals surface area contributed by atoms with Crippen molar-refractivity contribution in [2.45, 2.75) is 25.8 Å². The van der Waals surface area contributed by atoms with Gasteiger partial charge in [0.1, 0.15) is 0 Å². The molecule has 1 aromatic rings. The lowest BCUT2D eigenvalue weighted by molar-refractivity contribution is 0.614. The molecule has 1 atom stereocenters. The zero-order valence-electron chi connectivity index (χ0n) is 7.87. The number of terminal acetylenes is 1. The first-order valence-electron chi connectivity index (χ1n) is 4.25. The third-order valence-corrected chi connectivity index (χ3v) is 2.79. The van der Waals surface area contributed by atoms with Gasteiger partial charge in [-0.3, -0.25) is 0 Å². The normalized spacial score (nSPS) is 12.4. The molecule has 1 aromatic heterocycles. The molecule has 1 heterocycles. The number of nitrogens with zero attached hydrogens (tertiary/aromatic N) is 2. The Morgan fingerprint density at radius 1 is 1.69 bits per heavy atom. The van der Waals surface area contributed by atoms with Crippen molar-refractivity contribution in [3.05, 3.63) is 10.6 Å². The summed E-state index contributed by atoms with van der Waals surface area (Å²) < 4.78 is 3.93. The van der Waals surface area contributed by atoms with Crippen molar-refractivity contribution in [3.63, 3.8) is 0 Å². The summed E-state index contributed by atoms with van der Waals surface area (Å²) in [6.45, 7) is 2.07. The number of nitrogens with one attached hydrogen (secondary N) is 1. The lowest BCUT2D eigenvalue weighted by atomic mass is 10.1. The highest BCUT2D eigenvalue weighted by Crippen LogP contribution is 2.22. The summed E-state index contributed by atoms with van der Waals surface area (Å²) >= 11 is 1.43. The van der Waals surface area contributed by atoms with Gasteiger partial charge in [-0.2, -0.15) is 0 Å². The molecule has 0 aliphatic rings. The second-order valence-corrected chi connectivity index (χ2v) is 3.47. The Kier molecular flexibility index (Phi) is 3.87. The van der Waals surface area contributed by atoms with Crippen LogP contribution in [-0.2, 0) is 6.42 Å². The molecule has 0 aromatic carbocycles. The smallest absolute Gasteiger partial charge is 0.0801 e. The van der Waals surface area contributed by atoms with E-state index in [1.807, 2.05) is 7.05 Å². The minimum Gasteiger partial charge on any atom is -0.311 e. The summed E-state index contributed by atoms with van der Waals surface area (Å²) in [5.41, 5.74) is 1.06. The summed E-state index contributed by atoms with van der Waals surface area (Å²) in [6.07, 6.45) is 6.88. The fourth-order valence-corrected chi connectivity index (χ4v) is 2.02. The lowest BCUT2D eigenvalue weighted by Gasteiger charge is -2.10. The molecule has 0 saturated carbocycles. The first-order valence-corrected chi connectivity index (χ1v) is 5.02. The molecule has 0 spiro atoms. The highest BCUT2D eigenvalue weighted by Gasteiger charge is 2.15. The number of aryl methyl sites for hydroxylation is 1. The maximum atomic E-state index is 5.28. The minimum atomic E-state index is 0.208. The zero-order valence-corrected chi connectivity index (χ0v) is 8.69. The Labute approximate surface area is 82.7 Å². The molecular weight excluding hydrogens is 182 g/mol. The van der Waals surface area contributed by atoms with Crippen LogP contribution in [0.4, 0.5) is 0 Å². The lowest BCUT2D eigenvalue weighted by Crippen LogP contribution is -2.15. The molecule has 0 radical (unpaired) electrons. The molecule has 1 unspecified atom stereocenters. The van der Waals surface area contributed by atoms with Gasteiger partial charge in [-0.25, -0.2) is 0 Å². The van der Waals surface area contributed by atoms with Gasteiger partial charge in [0.05, 0.1) is 16.6 Å². The Balaban J connectivity index is 2.84. The second-order valence-electron chi connectivity index (χ2n) is 2.69. The van der Waals surface area contributed by atoms with E-state index in [1.165, 1.54) is 16.4 Å². The van der Waals surface area contributed by atoms with E-state index in [0.717, 1.165) is 12.1 Å². The molecule has 4 heteroatoms.